The molecule has 1 aliphatic rings. The fourth-order valence-corrected chi connectivity index (χ4v) is 2.75. The van der Waals surface area contributed by atoms with Gasteiger partial charge in [0.1, 0.15) is 0 Å². The lowest BCUT2D eigenvalue weighted by molar-refractivity contribution is -0.143. The third-order valence-corrected chi connectivity index (χ3v) is 3.21. The molecule has 0 aromatic rings. The molecule has 12 heavy (non-hydrogen) atoms. The van der Waals surface area contributed by atoms with E-state index in [-0.39, 0.29) is 12.3 Å². The summed E-state index contributed by atoms with van der Waals surface area (Å²) >= 11 is 1.52. The average Bonchev–Trinajstić information content (AvgIpc) is 2.33. The molecule has 5 heteroatoms. The van der Waals surface area contributed by atoms with E-state index >= 15 is 0 Å². The van der Waals surface area contributed by atoms with Gasteiger partial charge in [0.05, 0.1) is 5.92 Å². The number of carboxylic acids is 2. The molecule has 0 amide bonds. The van der Waals surface area contributed by atoms with Crippen molar-refractivity contribution in [2.24, 2.45) is 11.8 Å². The monoisotopic (exact) mass is 190 g/mol. The molecule has 2 N–H and O–H groups in total. The molecule has 4 nitrogen and oxygen atoms in total. The minimum Gasteiger partial charge on any atom is -0.481 e. The highest BCUT2D eigenvalue weighted by Gasteiger charge is 2.34. The first-order valence-corrected chi connectivity index (χ1v) is 4.79. The van der Waals surface area contributed by atoms with Gasteiger partial charge in [-0.3, -0.25) is 9.59 Å². The van der Waals surface area contributed by atoms with E-state index in [0.29, 0.717) is 11.5 Å². The van der Waals surface area contributed by atoms with Crippen molar-refractivity contribution in [3.8, 4) is 0 Å². The fourth-order valence-electron chi connectivity index (χ4n) is 1.30. The maximum absolute atomic E-state index is 10.6. The van der Waals surface area contributed by atoms with Gasteiger partial charge >= 0.3 is 11.9 Å². The average molecular weight is 190 g/mol. The van der Waals surface area contributed by atoms with Crippen LogP contribution >= 0.6 is 11.8 Å². The molecular weight excluding hydrogens is 180 g/mol. The van der Waals surface area contributed by atoms with Gasteiger partial charge in [-0.2, -0.15) is 11.8 Å². The minimum absolute atomic E-state index is 0.0238. The van der Waals surface area contributed by atoms with Crippen LogP contribution < -0.4 is 0 Å². The van der Waals surface area contributed by atoms with Crippen LogP contribution in [0.1, 0.15) is 6.42 Å². The van der Waals surface area contributed by atoms with Gasteiger partial charge in [-0.1, -0.05) is 0 Å². The van der Waals surface area contributed by atoms with Gasteiger partial charge in [0.15, 0.2) is 0 Å². The zero-order valence-corrected chi connectivity index (χ0v) is 7.21. The van der Waals surface area contributed by atoms with Crippen LogP contribution in [0, 0.1) is 11.8 Å². The molecule has 2 atom stereocenters. The molecule has 1 fully saturated rings. The highest BCUT2D eigenvalue weighted by molar-refractivity contribution is 7.99. The fraction of sp³-hybridized carbons (Fsp3) is 0.714. The summed E-state index contributed by atoms with van der Waals surface area (Å²) in [7, 11) is 0. The molecule has 0 unspecified atom stereocenters. The van der Waals surface area contributed by atoms with Crippen LogP contribution in [-0.4, -0.2) is 33.7 Å². The summed E-state index contributed by atoms with van der Waals surface area (Å²) in [6, 6.07) is 0. The molecule has 1 saturated heterocycles. The topological polar surface area (TPSA) is 74.6 Å². The third kappa shape index (κ3) is 2.14. The number of aliphatic carboxylic acids is 2. The van der Waals surface area contributed by atoms with Crippen LogP contribution in [0.2, 0.25) is 0 Å². The van der Waals surface area contributed by atoms with E-state index in [1.165, 1.54) is 11.8 Å². The van der Waals surface area contributed by atoms with Crippen molar-refractivity contribution in [2.75, 3.05) is 11.5 Å². The lowest BCUT2D eigenvalue weighted by Crippen LogP contribution is -2.23. The molecule has 1 rings (SSSR count). The SMILES string of the molecule is O=C(O)C[C@H]1CSC[C@H]1C(=O)O. The predicted octanol–water partition coefficient (Wildman–Crippen LogP) is 0.525. The summed E-state index contributed by atoms with van der Waals surface area (Å²) in [5, 5.41) is 17.2. The summed E-state index contributed by atoms with van der Waals surface area (Å²) < 4.78 is 0. The van der Waals surface area contributed by atoms with E-state index < -0.39 is 17.9 Å². The van der Waals surface area contributed by atoms with Crippen molar-refractivity contribution in [2.45, 2.75) is 6.42 Å². The number of hydrogen-bond acceptors (Lipinski definition) is 3. The molecular formula is C7H10O4S. The number of hydrogen-bond donors (Lipinski definition) is 2. The van der Waals surface area contributed by atoms with Gasteiger partial charge in [-0.05, 0) is 11.7 Å². The molecule has 0 aromatic heterocycles. The second kappa shape index (κ2) is 3.80. The number of rotatable bonds is 3. The van der Waals surface area contributed by atoms with Gasteiger partial charge in [-0.15, -0.1) is 0 Å². The number of carboxylic acid groups (broad SMARTS) is 2. The standard InChI is InChI=1S/C7H10O4S/c8-6(9)1-4-2-12-3-5(4)7(10)11/h4-5H,1-3H2,(H,8,9)(H,10,11)/t4-,5+/m0/s1. The summed E-state index contributed by atoms with van der Waals surface area (Å²) in [4.78, 5) is 20.9. The van der Waals surface area contributed by atoms with Crippen molar-refractivity contribution >= 4 is 23.7 Å². The Labute approximate surface area is 74.0 Å². The second-order valence-corrected chi connectivity index (χ2v) is 3.92. The Balaban J connectivity index is 2.52. The van der Waals surface area contributed by atoms with Crippen molar-refractivity contribution in [1.82, 2.24) is 0 Å². The van der Waals surface area contributed by atoms with Crippen LogP contribution in [0.4, 0.5) is 0 Å². The molecule has 68 valence electrons. The van der Waals surface area contributed by atoms with Gasteiger partial charge < -0.3 is 10.2 Å². The Morgan fingerprint density at radius 2 is 2.00 bits per heavy atom. The minimum atomic E-state index is -0.909. The lowest BCUT2D eigenvalue weighted by Gasteiger charge is -2.10. The highest BCUT2D eigenvalue weighted by atomic mass is 32.2. The molecule has 0 aromatic carbocycles. The first kappa shape index (κ1) is 9.38. The summed E-state index contributed by atoms with van der Waals surface area (Å²) in [6.45, 7) is 0. The zero-order chi connectivity index (χ0) is 9.14. The molecule has 0 bridgehead atoms. The van der Waals surface area contributed by atoms with Crippen LogP contribution in [0.25, 0.3) is 0 Å². The largest absolute Gasteiger partial charge is 0.481 e. The van der Waals surface area contributed by atoms with Gasteiger partial charge in [0.25, 0.3) is 0 Å². The maximum Gasteiger partial charge on any atom is 0.307 e. The Morgan fingerprint density at radius 3 is 2.50 bits per heavy atom. The first-order chi connectivity index (χ1) is 5.61. The van der Waals surface area contributed by atoms with Gasteiger partial charge in [-0.25, -0.2) is 0 Å². The van der Waals surface area contributed by atoms with Crippen LogP contribution in [-0.2, 0) is 9.59 Å². The Kier molecular flexibility index (Phi) is 2.97. The zero-order valence-electron chi connectivity index (χ0n) is 6.40. The van der Waals surface area contributed by atoms with E-state index in [4.69, 9.17) is 10.2 Å². The Bertz CT molecular complexity index is 204. The van der Waals surface area contributed by atoms with Crippen molar-refractivity contribution in [3.63, 3.8) is 0 Å². The number of thioether (sulfide) groups is 1. The van der Waals surface area contributed by atoms with Crippen molar-refractivity contribution in [1.29, 1.82) is 0 Å². The summed E-state index contributed by atoms with van der Waals surface area (Å²) in [6.07, 6.45) is -0.0238. The van der Waals surface area contributed by atoms with Gasteiger partial charge in [0.2, 0.25) is 0 Å². The molecule has 0 radical (unpaired) electrons. The van der Waals surface area contributed by atoms with Crippen LogP contribution in [0.5, 0.6) is 0 Å². The van der Waals surface area contributed by atoms with Gasteiger partial charge in [0, 0.05) is 12.2 Å². The second-order valence-electron chi connectivity index (χ2n) is 2.84. The normalized spacial score (nSPS) is 28.7. The Hall–Kier alpha value is -0.710. The van der Waals surface area contributed by atoms with Crippen molar-refractivity contribution < 1.29 is 19.8 Å². The van der Waals surface area contributed by atoms with Crippen LogP contribution in [0.15, 0.2) is 0 Å². The smallest absolute Gasteiger partial charge is 0.307 e. The lowest BCUT2D eigenvalue weighted by atomic mass is 9.93. The summed E-state index contributed by atoms with van der Waals surface area (Å²) in [5.41, 5.74) is 0. The predicted molar refractivity (Wildman–Crippen MR) is 44.2 cm³/mol. The molecule has 0 spiro atoms. The quantitative estimate of drug-likeness (QED) is 0.678. The van der Waals surface area contributed by atoms with E-state index in [9.17, 15) is 9.59 Å². The van der Waals surface area contributed by atoms with Crippen molar-refractivity contribution in [3.05, 3.63) is 0 Å². The highest BCUT2D eigenvalue weighted by Crippen LogP contribution is 2.32. The van der Waals surface area contributed by atoms with E-state index in [2.05, 4.69) is 0 Å². The summed E-state index contributed by atoms with van der Waals surface area (Å²) in [5.74, 6) is -1.23. The molecule has 0 saturated carbocycles. The van der Waals surface area contributed by atoms with E-state index in [1.807, 2.05) is 0 Å². The molecule has 0 aliphatic carbocycles. The molecule has 1 heterocycles. The molecule has 1 aliphatic heterocycles. The van der Waals surface area contributed by atoms with E-state index in [0.717, 1.165) is 0 Å². The maximum atomic E-state index is 10.6. The van der Waals surface area contributed by atoms with Crippen LogP contribution in [0.3, 0.4) is 0 Å². The number of carbonyl (C=O) groups is 2. The Morgan fingerprint density at radius 1 is 1.33 bits per heavy atom. The third-order valence-electron chi connectivity index (χ3n) is 1.95. The van der Waals surface area contributed by atoms with E-state index in [1.54, 1.807) is 0 Å². The first-order valence-electron chi connectivity index (χ1n) is 3.63.